The van der Waals surface area contributed by atoms with E-state index in [0.29, 0.717) is 37.2 Å². The van der Waals surface area contributed by atoms with Crippen molar-refractivity contribution in [2.45, 2.75) is 31.6 Å². The van der Waals surface area contributed by atoms with Crippen molar-refractivity contribution in [2.24, 2.45) is 0 Å². The number of hydrogen-bond acceptors (Lipinski definition) is 4. The maximum absolute atomic E-state index is 13.2. The summed E-state index contributed by atoms with van der Waals surface area (Å²) < 4.78 is 39.5. The van der Waals surface area contributed by atoms with Gasteiger partial charge in [-0.15, -0.1) is 0 Å². The molecule has 3 rings (SSSR count). The van der Waals surface area contributed by atoms with Crippen LogP contribution in [-0.4, -0.2) is 67.9 Å². The zero-order chi connectivity index (χ0) is 20.5. The molecule has 154 valence electrons. The molecule has 1 unspecified atom stereocenters. The molecule has 6 nitrogen and oxygen atoms in total. The van der Waals surface area contributed by atoms with E-state index in [-0.39, 0.29) is 18.4 Å². The Hall–Kier alpha value is -2.29. The van der Waals surface area contributed by atoms with Crippen LogP contribution >= 0.6 is 0 Å². The summed E-state index contributed by atoms with van der Waals surface area (Å²) in [6, 6.07) is 3.12. The molecule has 1 atom stereocenters. The number of hydrogen-bond donors (Lipinski definition) is 1. The zero-order valence-electron chi connectivity index (χ0n) is 16.1. The van der Waals surface area contributed by atoms with Crippen molar-refractivity contribution in [2.75, 3.05) is 45.2 Å². The number of likely N-dealkylation sites (tertiary alicyclic amines) is 1. The number of benzene rings is 1. The van der Waals surface area contributed by atoms with Crippen molar-refractivity contribution in [3.63, 3.8) is 0 Å². The Kier molecular flexibility index (Phi) is 5.83. The van der Waals surface area contributed by atoms with E-state index in [0.717, 1.165) is 25.2 Å². The lowest BCUT2D eigenvalue weighted by molar-refractivity contribution is -0.137. The van der Waals surface area contributed by atoms with Crippen LogP contribution in [0.15, 0.2) is 18.2 Å². The van der Waals surface area contributed by atoms with Crippen LogP contribution in [0.25, 0.3) is 0 Å². The minimum absolute atomic E-state index is 0.0110. The second-order valence-electron chi connectivity index (χ2n) is 7.41. The number of amides is 2. The van der Waals surface area contributed by atoms with E-state index >= 15 is 0 Å². The van der Waals surface area contributed by atoms with Gasteiger partial charge in [-0.2, -0.15) is 13.2 Å². The second kappa shape index (κ2) is 7.98. The molecule has 2 fully saturated rings. The van der Waals surface area contributed by atoms with Gasteiger partial charge in [0.1, 0.15) is 6.04 Å². The number of piperazine rings is 1. The van der Waals surface area contributed by atoms with Crippen molar-refractivity contribution in [3.05, 3.63) is 29.3 Å². The number of rotatable bonds is 4. The monoisotopic (exact) mass is 398 g/mol. The van der Waals surface area contributed by atoms with Crippen LogP contribution in [-0.2, 0) is 22.3 Å². The number of alkyl halides is 3. The molecular weight excluding hydrogens is 373 g/mol. The molecule has 9 heteroatoms. The number of anilines is 1. The normalized spacial score (nSPS) is 21.3. The molecule has 0 spiro atoms. The van der Waals surface area contributed by atoms with Crippen molar-refractivity contribution in [1.29, 1.82) is 0 Å². The molecule has 0 aliphatic carbocycles. The van der Waals surface area contributed by atoms with E-state index in [9.17, 15) is 22.8 Å². The van der Waals surface area contributed by atoms with Gasteiger partial charge in [0.25, 0.3) is 0 Å². The smallest absolute Gasteiger partial charge is 0.369 e. The van der Waals surface area contributed by atoms with Crippen LogP contribution in [0.1, 0.15) is 24.0 Å². The molecule has 2 amide bonds. The largest absolute Gasteiger partial charge is 0.416 e. The van der Waals surface area contributed by atoms with E-state index in [2.05, 4.69) is 10.2 Å². The van der Waals surface area contributed by atoms with E-state index in [1.54, 1.807) is 7.05 Å². The Balaban J connectivity index is 1.78. The third kappa shape index (κ3) is 4.40. The van der Waals surface area contributed by atoms with E-state index in [1.165, 1.54) is 11.0 Å². The Bertz CT molecular complexity index is 745. The van der Waals surface area contributed by atoms with Gasteiger partial charge in [0, 0.05) is 51.9 Å². The lowest BCUT2D eigenvalue weighted by atomic mass is 10.1. The van der Waals surface area contributed by atoms with Crippen molar-refractivity contribution < 1.29 is 22.8 Å². The minimum Gasteiger partial charge on any atom is -0.369 e. The summed E-state index contributed by atoms with van der Waals surface area (Å²) in [7, 11) is 3.57. The third-order valence-corrected chi connectivity index (χ3v) is 5.50. The summed E-state index contributed by atoms with van der Waals surface area (Å²) in [5, 5.41) is 2.72. The minimum atomic E-state index is -4.45. The fourth-order valence-corrected chi connectivity index (χ4v) is 3.67. The summed E-state index contributed by atoms with van der Waals surface area (Å²) in [5.41, 5.74) is 0.403. The van der Waals surface area contributed by atoms with Gasteiger partial charge in [-0.05, 0) is 37.2 Å². The molecule has 1 aromatic rings. The number of halogens is 3. The van der Waals surface area contributed by atoms with Gasteiger partial charge in [0.2, 0.25) is 11.8 Å². The van der Waals surface area contributed by atoms with Crippen molar-refractivity contribution in [1.82, 2.24) is 15.1 Å². The molecule has 28 heavy (non-hydrogen) atoms. The molecule has 0 radical (unpaired) electrons. The Morgan fingerprint density at radius 2 is 1.86 bits per heavy atom. The maximum atomic E-state index is 13.2. The fourth-order valence-electron chi connectivity index (χ4n) is 3.67. The number of carbonyl (C=O) groups excluding carboxylic acids is 2. The highest BCUT2D eigenvalue weighted by atomic mass is 19.4. The highest BCUT2D eigenvalue weighted by molar-refractivity contribution is 5.90. The SMILES string of the molecule is CN1CCN(c2ccc(C(F)(F)F)cc2CNC(=O)C2CCC(=O)N2C)CC1. The molecule has 0 aromatic heterocycles. The first-order chi connectivity index (χ1) is 13.2. The highest BCUT2D eigenvalue weighted by Gasteiger charge is 2.34. The highest BCUT2D eigenvalue weighted by Crippen LogP contribution is 2.33. The Morgan fingerprint density at radius 1 is 1.18 bits per heavy atom. The third-order valence-electron chi connectivity index (χ3n) is 5.50. The number of carbonyl (C=O) groups is 2. The van der Waals surface area contributed by atoms with E-state index < -0.39 is 17.8 Å². The first-order valence-electron chi connectivity index (χ1n) is 9.34. The first-order valence-corrected chi connectivity index (χ1v) is 9.34. The van der Waals surface area contributed by atoms with Gasteiger partial charge in [-0.3, -0.25) is 9.59 Å². The summed E-state index contributed by atoms with van der Waals surface area (Å²) in [5.74, 6) is -0.438. The van der Waals surface area contributed by atoms with E-state index in [1.807, 2.05) is 11.9 Å². The molecule has 1 aromatic carbocycles. The summed E-state index contributed by atoms with van der Waals surface area (Å²) in [6.45, 7) is 3.05. The molecule has 2 saturated heterocycles. The predicted molar refractivity (Wildman–Crippen MR) is 98.8 cm³/mol. The average Bonchev–Trinajstić information content (AvgIpc) is 2.98. The molecule has 1 N–H and O–H groups in total. The van der Waals surface area contributed by atoms with Crippen LogP contribution in [0.3, 0.4) is 0 Å². The molecule has 0 bridgehead atoms. The molecule has 2 aliphatic rings. The van der Waals surface area contributed by atoms with Crippen LogP contribution in [0, 0.1) is 0 Å². The van der Waals surface area contributed by atoms with Crippen LogP contribution in [0.2, 0.25) is 0 Å². The predicted octanol–water partition coefficient (Wildman–Crippen LogP) is 1.69. The standard InChI is InChI=1S/C19H25F3N4O2/c1-24-7-9-26(10-8-24)15-4-3-14(19(20,21)22)11-13(15)12-23-18(28)16-5-6-17(27)25(16)2/h3-4,11,16H,5-10,12H2,1-2H3,(H,23,28). The molecular formula is C19H25F3N4O2. The van der Waals surface area contributed by atoms with Gasteiger partial charge in [-0.25, -0.2) is 0 Å². The Morgan fingerprint density at radius 3 is 2.43 bits per heavy atom. The Labute approximate surface area is 162 Å². The average molecular weight is 398 g/mol. The van der Waals surface area contributed by atoms with Gasteiger partial charge in [0.15, 0.2) is 0 Å². The zero-order valence-corrected chi connectivity index (χ0v) is 16.1. The first kappa shape index (κ1) is 20.4. The lowest BCUT2D eigenvalue weighted by Crippen LogP contribution is -2.45. The molecule has 2 aliphatic heterocycles. The van der Waals surface area contributed by atoms with Gasteiger partial charge >= 0.3 is 6.18 Å². The van der Waals surface area contributed by atoms with Crippen LogP contribution in [0.5, 0.6) is 0 Å². The quantitative estimate of drug-likeness (QED) is 0.839. The number of likely N-dealkylation sites (N-methyl/N-ethyl adjacent to an activating group) is 2. The van der Waals surface area contributed by atoms with Crippen LogP contribution in [0.4, 0.5) is 18.9 Å². The van der Waals surface area contributed by atoms with Gasteiger partial charge < -0.3 is 20.0 Å². The summed E-state index contributed by atoms with van der Waals surface area (Å²) >= 11 is 0. The van der Waals surface area contributed by atoms with Crippen LogP contribution < -0.4 is 10.2 Å². The van der Waals surface area contributed by atoms with Gasteiger partial charge in [0.05, 0.1) is 5.56 Å². The topological polar surface area (TPSA) is 55.9 Å². The summed E-state index contributed by atoms with van der Waals surface area (Å²) in [6.07, 6.45) is -3.71. The fraction of sp³-hybridized carbons (Fsp3) is 0.579. The lowest BCUT2D eigenvalue weighted by Gasteiger charge is -2.35. The van der Waals surface area contributed by atoms with Crippen molar-refractivity contribution in [3.8, 4) is 0 Å². The summed E-state index contributed by atoms with van der Waals surface area (Å²) in [4.78, 5) is 29.7. The molecule has 2 heterocycles. The molecule has 0 saturated carbocycles. The number of nitrogens with zero attached hydrogens (tertiary/aromatic N) is 3. The second-order valence-corrected chi connectivity index (χ2v) is 7.41. The van der Waals surface area contributed by atoms with Crippen molar-refractivity contribution >= 4 is 17.5 Å². The van der Waals surface area contributed by atoms with Gasteiger partial charge in [-0.1, -0.05) is 0 Å². The number of nitrogens with one attached hydrogen (secondary N) is 1. The van der Waals surface area contributed by atoms with E-state index in [4.69, 9.17) is 0 Å². The maximum Gasteiger partial charge on any atom is 0.416 e.